The highest BCUT2D eigenvalue weighted by Crippen LogP contribution is 2.46. The van der Waals surface area contributed by atoms with Crippen molar-refractivity contribution in [2.75, 3.05) is 13.7 Å². The highest BCUT2D eigenvalue weighted by molar-refractivity contribution is 7.27. The van der Waals surface area contributed by atoms with Crippen molar-refractivity contribution in [1.29, 1.82) is 0 Å². The SMILES string of the molecule is C=C(NC)C1=C(c2ccc(P)cc2)Cc2cc(OCC(C)(F)F)c(-c3ccc(CC)c(C(=C)NC4=CCC4)c3)cc21. The summed E-state index contributed by atoms with van der Waals surface area (Å²) >= 11 is 0. The van der Waals surface area contributed by atoms with Crippen LogP contribution in [0.15, 0.2) is 85.2 Å². The first-order valence-corrected chi connectivity index (χ1v) is 14.6. The van der Waals surface area contributed by atoms with Crippen molar-refractivity contribution in [3.05, 3.63) is 113 Å². The van der Waals surface area contributed by atoms with Crippen LogP contribution < -0.4 is 20.7 Å². The number of aryl methyl sites for hydroxylation is 1. The largest absolute Gasteiger partial charge is 0.487 e. The highest BCUT2D eigenvalue weighted by atomic mass is 31.0. The van der Waals surface area contributed by atoms with E-state index < -0.39 is 12.5 Å². The maximum absolute atomic E-state index is 14.0. The van der Waals surface area contributed by atoms with Crippen LogP contribution in [0.25, 0.3) is 28.0 Å². The van der Waals surface area contributed by atoms with Crippen molar-refractivity contribution < 1.29 is 13.5 Å². The van der Waals surface area contributed by atoms with Crippen LogP contribution >= 0.6 is 9.24 Å². The van der Waals surface area contributed by atoms with Crippen molar-refractivity contribution in [2.45, 2.75) is 45.5 Å². The van der Waals surface area contributed by atoms with Crippen molar-refractivity contribution >= 4 is 31.4 Å². The normalized spacial score (nSPS) is 14.2. The molecule has 3 aromatic rings. The maximum Gasteiger partial charge on any atom is 0.278 e. The molecule has 2 aliphatic rings. The van der Waals surface area contributed by atoms with Gasteiger partial charge >= 0.3 is 0 Å². The fourth-order valence-corrected chi connectivity index (χ4v) is 5.58. The summed E-state index contributed by atoms with van der Waals surface area (Å²) in [6.45, 7) is 10.9. The summed E-state index contributed by atoms with van der Waals surface area (Å²) in [7, 11) is 4.58. The van der Waals surface area contributed by atoms with E-state index in [0.29, 0.717) is 12.2 Å². The number of allylic oxidation sites excluding steroid dienone is 4. The zero-order valence-corrected chi connectivity index (χ0v) is 25.1. The number of halogens is 2. The molecule has 0 bridgehead atoms. The van der Waals surface area contributed by atoms with Gasteiger partial charge in [0.2, 0.25) is 0 Å². The van der Waals surface area contributed by atoms with Gasteiger partial charge in [0.05, 0.1) is 0 Å². The zero-order chi connectivity index (χ0) is 29.3. The van der Waals surface area contributed by atoms with Crippen LogP contribution in [-0.2, 0) is 12.8 Å². The minimum atomic E-state index is -2.96. The molecule has 6 heteroatoms. The molecule has 0 aromatic heterocycles. The second kappa shape index (κ2) is 11.7. The lowest BCUT2D eigenvalue weighted by Crippen LogP contribution is -2.21. The number of ether oxygens (including phenoxy) is 1. The Morgan fingerprint density at radius 3 is 2.32 bits per heavy atom. The molecule has 0 saturated heterocycles. The summed E-state index contributed by atoms with van der Waals surface area (Å²) in [5, 5.41) is 7.79. The highest BCUT2D eigenvalue weighted by Gasteiger charge is 2.29. The molecule has 3 nitrogen and oxygen atoms in total. The van der Waals surface area contributed by atoms with Crippen LogP contribution in [0.5, 0.6) is 5.75 Å². The van der Waals surface area contributed by atoms with Gasteiger partial charge in [0.1, 0.15) is 5.75 Å². The third-order valence-corrected chi connectivity index (χ3v) is 8.12. The fourth-order valence-electron chi connectivity index (χ4n) is 5.39. The molecule has 2 N–H and O–H groups in total. The third kappa shape index (κ3) is 6.16. The number of nitrogens with one attached hydrogen (secondary N) is 2. The molecule has 2 aliphatic carbocycles. The lowest BCUT2D eigenvalue weighted by molar-refractivity contribution is -0.0228. The van der Waals surface area contributed by atoms with Gasteiger partial charge in [-0.15, -0.1) is 9.24 Å². The van der Waals surface area contributed by atoms with Gasteiger partial charge in [-0.3, -0.25) is 0 Å². The zero-order valence-electron chi connectivity index (χ0n) is 24.0. The van der Waals surface area contributed by atoms with Crippen molar-refractivity contribution in [2.24, 2.45) is 0 Å². The first-order valence-electron chi connectivity index (χ1n) is 14.0. The predicted molar refractivity (Wildman–Crippen MR) is 171 cm³/mol. The predicted octanol–water partition coefficient (Wildman–Crippen LogP) is 7.89. The standard InChI is InChI=1S/C35H37F2N2OP/c1-6-23-10-11-25(16-29(23)21(2)39-27-8-7-9-27)30-19-32-26(18-33(30)40-20-35(4,36)37)17-31(34(32)22(3)38-5)24-12-14-28(41)15-13-24/h8,10-16,18-19,38-39H,2-3,6-7,9,17,20,41H2,1,4-5H3. The Kier molecular flexibility index (Phi) is 8.20. The van der Waals surface area contributed by atoms with E-state index in [1.165, 1.54) is 11.3 Å². The van der Waals surface area contributed by atoms with E-state index in [2.05, 4.69) is 88.5 Å². The summed E-state index contributed by atoms with van der Waals surface area (Å²) < 4.78 is 33.8. The number of rotatable bonds is 11. The number of hydrogen-bond acceptors (Lipinski definition) is 3. The number of fused-ring (bicyclic) bond motifs is 1. The van der Waals surface area contributed by atoms with Crippen molar-refractivity contribution in [3.8, 4) is 16.9 Å². The Bertz CT molecular complexity index is 1580. The third-order valence-electron chi connectivity index (χ3n) is 7.73. The monoisotopic (exact) mass is 570 g/mol. The Morgan fingerprint density at radius 2 is 1.71 bits per heavy atom. The summed E-state index contributed by atoms with van der Waals surface area (Å²) in [6, 6.07) is 18.6. The molecule has 0 spiro atoms. The minimum absolute atomic E-state index is 0.441. The molecule has 3 aromatic carbocycles. The summed E-state index contributed by atoms with van der Waals surface area (Å²) in [5.41, 5.74) is 12.0. The average Bonchev–Trinajstić information content (AvgIpc) is 3.30. The molecule has 1 unspecified atom stereocenters. The summed E-state index contributed by atoms with van der Waals surface area (Å²) in [5.74, 6) is -2.52. The van der Waals surface area contributed by atoms with Crippen LogP contribution in [0.2, 0.25) is 0 Å². The molecule has 0 radical (unpaired) electrons. The molecule has 0 amide bonds. The lowest BCUT2D eigenvalue weighted by atomic mass is 9.92. The molecule has 1 atom stereocenters. The van der Waals surface area contributed by atoms with E-state index in [1.807, 2.05) is 19.2 Å². The van der Waals surface area contributed by atoms with E-state index in [4.69, 9.17) is 4.74 Å². The Labute approximate surface area is 244 Å². The quantitative estimate of drug-likeness (QED) is 0.230. The molecule has 0 fully saturated rings. The van der Waals surface area contributed by atoms with E-state index >= 15 is 0 Å². The number of hydrogen-bond donors (Lipinski definition) is 2. The minimum Gasteiger partial charge on any atom is -0.487 e. The van der Waals surface area contributed by atoms with Gasteiger partial charge in [-0.2, -0.15) is 0 Å². The van der Waals surface area contributed by atoms with Crippen LogP contribution in [-0.4, -0.2) is 19.6 Å². The molecule has 212 valence electrons. The lowest BCUT2D eigenvalue weighted by Gasteiger charge is -2.22. The number of benzene rings is 3. The number of alkyl halides is 2. The van der Waals surface area contributed by atoms with Crippen LogP contribution in [0.1, 0.15) is 54.5 Å². The Balaban J connectivity index is 1.66. The maximum atomic E-state index is 14.0. The molecule has 0 heterocycles. The molecule has 0 saturated carbocycles. The first kappa shape index (κ1) is 28.8. The van der Waals surface area contributed by atoms with E-state index in [1.54, 1.807) is 0 Å². The number of likely N-dealkylation sites (N-methyl/N-ethyl adjacent to an activating group) is 1. The first-order chi connectivity index (χ1) is 19.6. The van der Waals surface area contributed by atoms with E-state index in [9.17, 15) is 8.78 Å². The van der Waals surface area contributed by atoms with Gasteiger partial charge in [-0.25, -0.2) is 8.78 Å². The van der Waals surface area contributed by atoms with Crippen LogP contribution in [0.3, 0.4) is 0 Å². The second-order valence-corrected chi connectivity index (χ2v) is 11.5. The van der Waals surface area contributed by atoms with Gasteiger partial charge in [0, 0.05) is 47.8 Å². The molecule has 5 rings (SSSR count). The van der Waals surface area contributed by atoms with Gasteiger partial charge in [-0.05, 0) is 82.6 Å². The second-order valence-electron chi connectivity index (χ2n) is 10.8. The molecular formula is C35H37F2N2OP. The van der Waals surface area contributed by atoms with Gasteiger partial charge < -0.3 is 15.4 Å². The van der Waals surface area contributed by atoms with E-state index in [-0.39, 0.29) is 0 Å². The van der Waals surface area contributed by atoms with Gasteiger partial charge in [0.25, 0.3) is 5.92 Å². The fraction of sp³-hybridized carbons (Fsp3) is 0.257. The Hall–Kier alpha value is -3.69. The van der Waals surface area contributed by atoms with Crippen molar-refractivity contribution in [3.63, 3.8) is 0 Å². The Morgan fingerprint density at radius 1 is 1.00 bits per heavy atom. The summed E-state index contributed by atoms with van der Waals surface area (Å²) in [6.07, 6.45) is 5.76. The molecule has 0 aliphatic heterocycles. The molecular weight excluding hydrogens is 533 g/mol. The molecule has 41 heavy (non-hydrogen) atoms. The van der Waals surface area contributed by atoms with Gasteiger partial charge in [0.15, 0.2) is 6.61 Å². The average molecular weight is 571 g/mol. The summed E-state index contributed by atoms with van der Waals surface area (Å²) in [4.78, 5) is 0. The topological polar surface area (TPSA) is 33.3 Å². The van der Waals surface area contributed by atoms with Gasteiger partial charge in [-0.1, -0.05) is 62.6 Å². The van der Waals surface area contributed by atoms with Crippen molar-refractivity contribution in [1.82, 2.24) is 10.6 Å². The van der Waals surface area contributed by atoms with Crippen LogP contribution in [0.4, 0.5) is 8.78 Å². The van der Waals surface area contributed by atoms with Crippen LogP contribution in [0, 0.1) is 0 Å². The smallest absolute Gasteiger partial charge is 0.278 e. The van der Waals surface area contributed by atoms with E-state index in [0.717, 1.165) is 87.4 Å².